The van der Waals surface area contributed by atoms with Crippen LogP contribution in [0.4, 0.5) is 10.1 Å². The summed E-state index contributed by atoms with van der Waals surface area (Å²) in [5, 5.41) is 14.9. The van der Waals surface area contributed by atoms with Crippen molar-refractivity contribution < 1.29 is 18.7 Å². The third-order valence-corrected chi connectivity index (χ3v) is 5.49. The van der Waals surface area contributed by atoms with Crippen molar-refractivity contribution in [2.24, 2.45) is 7.05 Å². The van der Waals surface area contributed by atoms with Crippen LogP contribution in [0.1, 0.15) is 12.8 Å². The standard InChI is InChI=1S/C22H22FN7O3/c1-29-27-21(26-28-29)19-7-4-14(10-25-19)17-6-5-15(9-18(17)23)30-11-16(33-13-30)12-32-22(31)20-3-2-8-24-20/h4-7,9-11,20,24H,2-3,8,12-13H2,1H3/t20-/m1/s1. The number of aryl methyl sites for hydroxylation is 1. The fraction of sp³-hybridized carbons (Fsp3) is 0.318. The summed E-state index contributed by atoms with van der Waals surface area (Å²) in [7, 11) is 1.67. The molecule has 1 saturated heterocycles. The van der Waals surface area contributed by atoms with E-state index in [9.17, 15) is 9.18 Å². The van der Waals surface area contributed by atoms with Gasteiger partial charge >= 0.3 is 5.97 Å². The van der Waals surface area contributed by atoms with E-state index in [1.165, 1.54) is 10.9 Å². The quantitative estimate of drug-likeness (QED) is 0.563. The normalized spacial score (nSPS) is 17.7. The predicted molar refractivity (Wildman–Crippen MR) is 116 cm³/mol. The van der Waals surface area contributed by atoms with Crippen molar-refractivity contribution in [1.82, 2.24) is 30.5 Å². The van der Waals surface area contributed by atoms with Gasteiger partial charge in [-0.15, -0.1) is 10.2 Å². The molecule has 1 N–H and O–H groups in total. The molecule has 170 valence electrons. The topological polar surface area (TPSA) is 107 Å². The minimum atomic E-state index is -0.389. The molecule has 2 aliphatic heterocycles. The van der Waals surface area contributed by atoms with E-state index in [2.05, 4.69) is 25.7 Å². The summed E-state index contributed by atoms with van der Waals surface area (Å²) in [6.07, 6.45) is 5.04. The van der Waals surface area contributed by atoms with Crippen LogP contribution in [-0.2, 0) is 21.3 Å². The summed E-state index contributed by atoms with van der Waals surface area (Å²) in [5.41, 5.74) is 2.24. The molecule has 0 bridgehead atoms. The van der Waals surface area contributed by atoms with Gasteiger partial charge in [0.15, 0.2) is 12.5 Å². The molecule has 1 fully saturated rings. The Morgan fingerprint density at radius 2 is 2.24 bits per heavy atom. The number of carbonyl (C=O) groups excluding carboxylic acids is 1. The molecule has 4 heterocycles. The summed E-state index contributed by atoms with van der Waals surface area (Å²) in [5.74, 6) is 0.255. The number of nitrogens with one attached hydrogen (secondary N) is 1. The van der Waals surface area contributed by atoms with Crippen molar-refractivity contribution >= 4 is 11.7 Å². The number of aromatic nitrogens is 5. The van der Waals surface area contributed by atoms with Gasteiger partial charge in [0.2, 0.25) is 5.82 Å². The fourth-order valence-electron chi connectivity index (χ4n) is 3.75. The van der Waals surface area contributed by atoms with Crippen LogP contribution in [0.3, 0.4) is 0 Å². The van der Waals surface area contributed by atoms with Gasteiger partial charge < -0.3 is 19.7 Å². The highest BCUT2D eigenvalue weighted by Crippen LogP contribution is 2.29. The van der Waals surface area contributed by atoms with E-state index in [4.69, 9.17) is 9.47 Å². The van der Waals surface area contributed by atoms with Crippen molar-refractivity contribution in [2.45, 2.75) is 18.9 Å². The van der Waals surface area contributed by atoms with E-state index in [1.54, 1.807) is 48.6 Å². The van der Waals surface area contributed by atoms with Crippen molar-refractivity contribution in [3.8, 4) is 22.6 Å². The molecular formula is C22H22FN7O3. The Hall–Kier alpha value is -3.86. The number of nitrogens with zero attached hydrogens (tertiary/aromatic N) is 6. The van der Waals surface area contributed by atoms with Crippen molar-refractivity contribution in [3.63, 3.8) is 0 Å². The number of pyridine rings is 1. The number of tetrazole rings is 1. The van der Waals surface area contributed by atoms with Gasteiger partial charge in [0.1, 0.15) is 24.2 Å². The van der Waals surface area contributed by atoms with Crippen molar-refractivity contribution in [3.05, 3.63) is 54.3 Å². The minimum absolute atomic E-state index is 0.0484. The van der Waals surface area contributed by atoms with Crippen LogP contribution >= 0.6 is 0 Å². The van der Waals surface area contributed by atoms with Gasteiger partial charge in [-0.3, -0.25) is 9.78 Å². The van der Waals surface area contributed by atoms with Crippen LogP contribution in [0, 0.1) is 5.82 Å². The lowest BCUT2D eigenvalue weighted by atomic mass is 10.1. The highest BCUT2D eigenvalue weighted by Gasteiger charge is 2.25. The van der Waals surface area contributed by atoms with Crippen LogP contribution in [0.2, 0.25) is 0 Å². The zero-order chi connectivity index (χ0) is 22.8. The summed E-state index contributed by atoms with van der Waals surface area (Å²) >= 11 is 0. The number of rotatable bonds is 6. The Morgan fingerprint density at radius 1 is 1.33 bits per heavy atom. The molecule has 0 aliphatic carbocycles. The first-order valence-electron chi connectivity index (χ1n) is 10.6. The molecule has 0 unspecified atom stereocenters. The van der Waals surface area contributed by atoms with Crippen molar-refractivity contribution in [2.75, 3.05) is 24.8 Å². The molecule has 11 heteroatoms. The average molecular weight is 451 g/mol. The Bertz CT molecular complexity index is 1190. The Labute approximate surface area is 189 Å². The molecule has 33 heavy (non-hydrogen) atoms. The van der Waals surface area contributed by atoms with Crippen LogP contribution in [0.25, 0.3) is 22.6 Å². The Morgan fingerprint density at radius 3 is 2.94 bits per heavy atom. The van der Waals surface area contributed by atoms with Gasteiger partial charge in [-0.2, -0.15) is 4.80 Å². The van der Waals surface area contributed by atoms with Gasteiger partial charge in [0.25, 0.3) is 0 Å². The summed E-state index contributed by atoms with van der Waals surface area (Å²) in [4.78, 5) is 19.5. The molecule has 0 amide bonds. The smallest absolute Gasteiger partial charge is 0.323 e. The largest absolute Gasteiger partial charge is 0.472 e. The van der Waals surface area contributed by atoms with Gasteiger partial charge in [0.05, 0.1) is 7.05 Å². The Balaban J connectivity index is 1.24. The van der Waals surface area contributed by atoms with Crippen LogP contribution in [0.5, 0.6) is 0 Å². The predicted octanol–water partition coefficient (Wildman–Crippen LogP) is 2.01. The van der Waals surface area contributed by atoms with E-state index in [0.717, 1.165) is 19.4 Å². The van der Waals surface area contributed by atoms with Crippen molar-refractivity contribution in [1.29, 1.82) is 0 Å². The lowest BCUT2D eigenvalue weighted by molar-refractivity contribution is -0.145. The number of carbonyl (C=O) groups is 1. The molecule has 2 aliphatic rings. The van der Waals surface area contributed by atoms with Gasteiger partial charge in [-0.25, -0.2) is 4.39 Å². The monoisotopic (exact) mass is 451 g/mol. The Kier molecular flexibility index (Phi) is 5.69. The lowest BCUT2D eigenvalue weighted by Crippen LogP contribution is -2.32. The second kappa shape index (κ2) is 8.94. The third-order valence-electron chi connectivity index (χ3n) is 5.49. The van der Waals surface area contributed by atoms with E-state index in [0.29, 0.717) is 34.1 Å². The second-order valence-corrected chi connectivity index (χ2v) is 7.79. The number of hydrogen-bond acceptors (Lipinski definition) is 9. The highest BCUT2D eigenvalue weighted by atomic mass is 19.1. The number of esters is 1. The maximum absolute atomic E-state index is 14.9. The molecule has 10 nitrogen and oxygen atoms in total. The first-order valence-corrected chi connectivity index (χ1v) is 10.6. The first-order chi connectivity index (χ1) is 16.1. The molecule has 1 aromatic carbocycles. The van der Waals surface area contributed by atoms with Gasteiger partial charge in [-0.05, 0) is 48.9 Å². The SMILES string of the molecule is Cn1nnc(-c2ccc(-c3ccc(N4C=C(COC(=O)[C@H]5CCCN5)OC4)cc3F)cn2)n1. The second-order valence-electron chi connectivity index (χ2n) is 7.79. The maximum Gasteiger partial charge on any atom is 0.323 e. The summed E-state index contributed by atoms with van der Waals surface area (Å²) in [6, 6.07) is 8.18. The lowest BCUT2D eigenvalue weighted by Gasteiger charge is -2.14. The van der Waals surface area contributed by atoms with Crippen LogP contribution in [0.15, 0.2) is 48.5 Å². The number of hydrogen-bond donors (Lipinski definition) is 1. The molecule has 3 aromatic rings. The highest BCUT2D eigenvalue weighted by molar-refractivity contribution is 5.76. The molecular weight excluding hydrogens is 429 g/mol. The average Bonchev–Trinajstić information content (AvgIpc) is 3.60. The van der Waals surface area contributed by atoms with E-state index >= 15 is 0 Å². The molecule has 2 aromatic heterocycles. The molecule has 5 rings (SSSR count). The summed E-state index contributed by atoms with van der Waals surface area (Å²) < 4.78 is 25.8. The van der Waals surface area contributed by atoms with E-state index in [1.807, 2.05) is 0 Å². The zero-order valence-corrected chi connectivity index (χ0v) is 17.9. The molecule has 0 spiro atoms. The maximum atomic E-state index is 14.9. The number of benzene rings is 1. The molecule has 1 atom stereocenters. The summed E-state index contributed by atoms with van der Waals surface area (Å²) in [6.45, 7) is 1.09. The van der Waals surface area contributed by atoms with Crippen LogP contribution < -0.4 is 10.2 Å². The van der Waals surface area contributed by atoms with E-state index < -0.39 is 0 Å². The fourth-order valence-corrected chi connectivity index (χ4v) is 3.75. The van der Waals surface area contributed by atoms with Gasteiger partial charge in [-0.1, -0.05) is 6.07 Å². The van der Waals surface area contributed by atoms with E-state index in [-0.39, 0.29) is 31.2 Å². The molecule has 0 saturated carbocycles. The molecule has 0 radical (unpaired) electrons. The first kappa shape index (κ1) is 21.0. The number of ether oxygens (including phenoxy) is 2. The number of anilines is 1. The number of halogens is 1. The zero-order valence-electron chi connectivity index (χ0n) is 17.9. The van der Waals surface area contributed by atoms with Gasteiger partial charge in [0, 0.05) is 29.2 Å². The third kappa shape index (κ3) is 4.53. The minimum Gasteiger partial charge on any atom is -0.472 e. The van der Waals surface area contributed by atoms with Crippen LogP contribution in [-0.4, -0.2) is 57.1 Å².